The van der Waals surface area contributed by atoms with Crippen LogP contribution in [0.25, 0.3) is 11.1 Å². The Bertz CT molecular complexity index is 1030. The van der Waals surface area contributed by atoms with Gasteiger partial charge in [0.2, 0.25) is 5.91 Å². The number of esters is 1. The van der Waals surface area contributed by atoms with Crippen LogP contribution in [-0.4, -0.2) is 55.3 Å². The summed E-state index contributed by atoms with van der Waals surface area (Å²) in [6.45, 7) is 0.163. The van der Waals surface area contributed by atoms with Crippen molar-refractivity contribution in [2.24, 2.45) is 0 Å². The lowest BCUT2D eigenvalue weighted by Crippen LogP contribution is -2.41. The van der Waals surface area contributed by atoms with Gasteiger partial charge in [-0.3, -0.25) is 9.59 Å². The van der Waals surface area contributed by atoms with E-state index in [1.54, 1.807) is 0 Å². The highest BCUT2D eigenvalue weighted by molar-refractivity contribution is 5.92. The fourth-order valence-electron chi connectivity index (χ4n) is 3.63. The first-order chi connectivity index (χ1) is 15.9. The Morgan fingerprint density at radius 3 is 2.21 bits per heavy atom. The number of carboxylic acids is 1. The number of carboxylic acid groups (broad SMARTS) is 1. The minimum absolute atomic E-state index is 0.00116. The van der Waals surface area contributed by atoms with Crippen molar-refractivity contribution in [3.63, 3.8) is 0 Å². The van der Waals surface area contributed by atoms with Gasteiger partial charge in [0.15, 0.2) is 0 Å². The molecule has 0 unspecified atom stereocenters. The zero-order valence-corrected chi connectivity index (χ0v) is 17.9. The average Bonchev–Trinajstić information content (AvgIpc) is 3.13. The summed E-state index contributed by atoms with van der Waals surface area (Å²) in [5.74, 6) is -2.91. The molecule has 0 spiro atoms. The second kappa shape index (κ2) is 10.9. The number of rotatable bonds is 9. The van der Waals surface area contributed by atoms with Crippen LogP contribution in [0.5, 0.6) is 0 Å². The number of carbonyl (C=O) groups excluding carboxylic acids is 3. The van der Waals surface area contributed by atoms with Gasteiger partial charge in [-0.25, -0.2) is 9.59 Å². The maximum atomic E-state index is 12.1. The van der Waals surface area contributed by atoms with E-state index >= 15 is 0 Å². The molecule has 1 atom stereocenters. The number of fused-ring (bicyclic) bond motifs is 3. The molecule has 0 heterocycles. The fraction of sp³-hybridized carbons (Fsp3) is 0.250. The van der Waals surface area contributed by atoms with Gasteiger partial charge in [0.25, 0.3) is 0 Å². The Morgan fingerprint density at radius 1 is 1.03 bits per heavy atom. The number of aliphatic carboxylic acids is 1. The van der Waals surface area contributed by atoms with E-state index in [9.17, 15) is 19.2 Å². The van der Waals surface area contributed by atoms with Crippen molar-refractivity contribution >= 4 is 23.9 Å². The lowest BCUT2D eigenvalue weighted by atomic mass is 9.98. The standard InChI is InChI=1S/C24H24N2O7/c1-32-22(28)13-20(23(29)30)26-21(27)11-6-12-25-24(31)33-14-19-17-9-4-2-7-15(17)16-8-3-5-10-18(16)19/h2-11,19-20H,12-14H2,1H3,(H,25,31)(H,26,27)(H,29,30)/b11-6+/t20-/m1/s1. The summed E-state index contributed by atoms with van der Waals surface area (Å²) >= 11 is 0. The smallest absolute Gasteiger partial charge is 0.407 e. The van der Waals surface area contributed by atoms with Crippen LogP contribution in [0.15, 0.2) is 60.7 Å². The molecule has 1 aliphatic rings. The molecule has 0 aromatic heterocycles. The SMILES string of the molecule is COC(=O)C[C@@H](NC(=O)/C=C/CNC(=O)OCC1c2ccccc2-c2ccccc21)C(=O)O. The Labute approximate surface area is 190 Å². The number of hydrogen-bond acceptors (Lipinski definition) is 6. The molecular formula is C24H24N2O7. The molecule has 33 heavy (non-hydrogen) atoms. The van der Waals surface area contributed by atoms with Gasteiger partial charge in [-0.15, -0.1) is 0 Å². The summed E-state index contributed by atoms with van der Waals surface area (Å²) < 4.78 is 9.79. The normalized spacial score (nSPS) is 13.0. The van der Waals surface area contributed by atoms with Crippen molar-refractivity contribution in [2.75, 3.05) is 20.3 Å². The number of methoxy groups -OCH3 is 1. The molecular weight excluding hydrogens is 428 g/mol. The first-order valence-corrected chi connectivity index (χ1v) is 10.3. The number of amides is 2. The van der Waals surface area contributed by atoms with Gasteiger partial charge >= 0.3 is 18.0 Å². The highest BCUT2D eigenvalue weighted by Crippen LogP contribution is 2.44. The Balaban J connectivity index is 1.46. The Morgan fingerprint density at radius 2 is 1.64 bits per heavy atom. The second-order valence-corrected chi connectivity index (χ2v) is 7.29. The molecule has 0 bridgehead atoms. The van der Waals surface area contributed by atoms with E-state index in [0.29, 0.717) is 0 Å². The van der Waals surface area contributed by atoms with Crippen molar-refractivity contribution in [3.8, 4) is 11.1 Å². The van der Waals surface area contributed by atoms with Crippen molar-refractivity contribution in [1.29, 1.82) is 0 Å². The first kappa shape index (κ1) is 23.5. The number of hydrogen-bond donors (Lipinski definition) is 3. The molecule has 0 saturated heterocycles. The summed E-state index contributed by atoms with van der Waals surface area (Å²) in [5, 5.41) is 13.8. The van der Waals surface area contributed by atoms with E-state index < -0.39 is 36.4 Å². The molecule has 3 rings (SSSR count). The maximum absolute atomic E-state index is 12.1. The van der Waals surface area contributed by atoms with Crippen LogP contribution in [0.3, 0.4) is 0 Å². The topological polar surface area (TPSA) is 131 Å². The second-order valence-electron chi connectivity index (χ2n) is 7.29. The molecule has 2 amide bonds. The third-order valence-electron chi connectivity index (χ3n) is 5.19. The summed E-state index contributed by atoms with van der Waals surface area (Å²) in [4.78, 5) is 46.3. The largest absolute Gasteiger partial charge is 0.480 e. The van der Waals surface area contributed by atoms with Gasteiger partial charge < -0.3 is 25.2 Å². The molecule has 0 fully saturated rings. The van der Waals surface area contributed by atoms with E-state index in [0.717, 1.165) is 35.4 Å². The third kappa shape index (κ3) is 5.97. The molecule has 3 N–H and O–H groups in total. The minimum Gasteiger partial charge on any atom is -0.480 e. The predicted octanol–water partition coefficient (Wildman–Crippen LogP) is 2.21. The highest BCUT2D eigenvalue weighted by Gasteiger charge is 2.29. The molecule has 1 aliphatic carbocycles. The Hall–Kier alpha value is -4.14. The fourth-order valence-corrected chi connectivity index (χ4v) is 3.63. The highest BCUT2D eigenvalue weighted by atomic mass is 16.5. The number of benzene rings is 2. The van der Waals surface area contributed by atoms with Crippen LogP contribution in [0.4, 0.5) is 4.79 Å². The van der Waals surface area contributed by atoms with Gasteiger partial charge in [-0.1, -0.05) is 54.6 Å². The lowest BCUT2D eigenvalue weighted by Gasteiger charge is -2.14. The van der Waals surface area contributed by atoms with Crippen LogP contribution in [-0.2, 0) is 23.9 Å². The van der Waals surface area contributed by atoms with E-state index in [1.807, 2.05) is 48.5 Å². The van der Waals surface area contributed by atoms with Gasteiger partial charge in [0.05, 0.1) is 13.5 Å². The molecule has 0 radical (unpaired) electrons. The molecule has 9 nitrogen and oxygen atoms in total. The lowest BCUT2D eigenvalue weighted by molar-refractivity contribution is -0.148. The van der Waals surface area contributed by atoms with E-state index in [4.69, 9.17) is 9.84 Å². The number of carbonyl (C=O) groups is 4. The van der Waals surface area contributed by atoms with E-state index in [-0.39, 0.29) is 19.1 Å². The molecule has 2 aromatic rings. The summed E-state index contributed by atoms with van der Waals surface area (Å²) in [6.07, 6.45) is 1.27. The van der Waals surface area contributed by atoms with E-state index in [2.05, 4.69) is 15.4 Å². The summed E-state index contributed by atoms with van der Waals surface area (Å²) in [6, 6.07) is 14.6. The summed E-state index contributed by atoms with van der Waals surface area (Å²) in [7, 11) is 1.12. The van der Waals surface area contributed by atoms with Crippen molar-refractivity contribution in [2.45, 2.75) is 18.4 Å². The molecule has 2 aromatic carbocycles. The van der Waals surface area contributed by atoms with Crippen LogP contribution >= 0.6 is 0 Å². The van der Waals surface area contributed by atoms with Gasteiger partial charge in [-0.2, -0.15) is 0 Å². The number of alkyl carbamates (subject to hydrolysis) is 1. The van der Waals surface area contributed by atoms with E-state index in [1.165, 1.54) is 6.08 Å². The zero-order chi connectivity index (χ0) is 23.8. The molecule has 172 valence electrons. The van der Waals surface area contributed by atoms with Crippen molar-refractivity contribution < 1.29 is 33.8 Å². The maximum Gasteiger partial charge on any atom is 0.407 e. The van der Waals surface area contributed by atoms with Crippen LogP contribution in [0.2, 0.25) is 0 Å². The zero-order valence-electron chi connectivity index (χ0n) is 17.9. The van der Waals surface area contributed by atoms with Gasteiger partial charge in [-0.05, 0) is 22.3 Å². The predicted molar refractivity (Wildman–Crippen MR) is 118 cm³/mol. The van der Waals surface area contributed by atoms with Gasteiger partial charge in [0.1, 0.15) is 12.6 Å². The molecule has 9 heteroatoms. The monoisotopic (exact) mass is 452 g/mol. The Kier molecular flexibility index (Phi) is 7.80. The quantitative estimate of drug-likeness (QED) is 0.393. The number of nitrogens with one attached hydrogen (secondary N) is 2. The molecule has 0 saturated carbocycles. The third-order valence-corrected chi connectivity index (χ3v) is 5.19. The van der Waals surface area contributed by atoms with Gasteiger partial charge in [0, 0.05) is 18.5 Å². The summed E-state index contributed by atoms with van der Waals surface area (Å²) in [5.41, 5.74) is 4.46. The minimum atomic E-state index is -1.41. The average molecular weight is 452 g/mol. The van der Waals surface area contributed by atoms with Crippen LogP contribution in [0.1, 0.15) is 23.5 Å². The van der Waals surface area contributed by atoms with Crippen molar-refractivity contribution in [1.82, 2.24) is 10.6 Å². The number of ether oxygens (including phenoxy) is 2. The molecule has 0 aliphatic heterocycles. The van der Waals surface area contributed by atoms with Crippen molar-refractivity contribution in [3.05, 3.63) is 71.8 Å². The first-order valence-electron chi connectivity index (χ1n) is 10.3. The van der Waals surface area contributed by atoms with Crippen LogP contribution < -0.4 is 10.6 Å². The van der Waals surface area contributed by atoms with Crippen LogP contribution in [0, 0.1) is 0 Å².